The quantitative estimate of drug-likeness (QED) is 0.768. The van der Waals surface area contributed by atoms with Gasteiger partial charge in [-0.05, 0) is 49.7 Å². The van der Waals surface area contributed by atoms with Crippen LogP contribution in [0.25, 0.3) is 0 Å². The Morgan fingerprint density at radius 1 is 1.08 bits per heavy atom. The van der Waals surface area contributed by atoms with Gasteiger partial charge in [0.2, 0.25) is 5.88 Å². The van der Waals surface area contributed by atoms with E-state index in [1.165, 1.54) is 12.1 Å². The molecule has 6 heteroatoms. The highest BCUT2D eigenvalue weighted by atomic mass is 19.1. The Balaban J connectivity index is 1.69. The third-order valence-corrected chi connectivity index (χ3v) is 3.37. The number of nitrogens with one attached hydrogen (secondary N) is 1. The Kier molecular flexibility index (Phi) is 4.65. The van der Waals surface area contributed by atoms with Crippen LogP contribution >= 0.6 is 0 Å². The molecule has 2 heterocycles. The fourth-order valence-electron chi connectivity index (χ4n) is 2.13. The van der Waals surface area contributed by atoms with Gasteiger partial charge in [0.05, 0.1) is 11.4 Å². The molecular weight excluding hydrogens is 307 g/mol. The summed E-state index contributed by atoms with van der Waals surface area (Å²) >= 11 is 0. The maximum absolute atomic E-state index is 12.9. The first-order chi connectivity index (χ1) is 11.6. The van der Waals surface area contributed by atoms with Gasteiger partial charge in [0.1, 0.15) is 17.4 Å². The van der Waals surface area contributed by atoms with E-state index in [0.717, 1.165) is 22.8 Å². The highest BCUT2D eigenvalue weighted by molar-refractivity contribution is 5.40. The molecule has 1 N–H and O–H groups in total. The summed E-state index contributed by atoms with van der Waals surface area (Å²) in [6.07, 6.45) is 3.41. The summed E-state index contributed by atoms with van der Waals surface area (Å²) in [5.74, 6) is 1.44. The molecule has 0 atom stereocenters. The fourth-order valence-corrected chi connectivity index (χ4v) is 2.13. The third kappa shape index (κ3) is 4.04. The highest BCUT2D eigenvalue weighted by Gasteiger charge is 2.04. The van der Waals surface area contributed by atoms with Crippen molar-refractivity contribution in [2.24, 2.45) is 0 Å². The predicted molar refractivity (Wildman–Crippen MR) is 89.5 cm³/mol. The molecule has 0 amide bonds. The summed E-state index contributed by atoms with van der Waals surface area (Å²) in [4.78, 5) is 12.9. The van der Waals surface area contributed by atoms with Crippen molar-refractivity contribution in [3.05, 3.63) is 71.6 Å². The van der Waals surface area contributed by atoms with Crippen LogP contribution in [0.2, 0.25) is 0 Å². The Bertz CT molecular complexity index is 837. The summed E-state index contributed by atoms with van der Waals surface area (Å²) < 4.78 is 18.6. The van der Waals surface area contributed by atoms with Crippen LogP contribution in [0.1, 0.15) is 17.0 Å². The molecule has 0 unspecified atom stereocenters. The summed E-state index contributed by atoms with van der Waals surface area (Å²) in [6, 6.07) is 9.54. The van der Waals surface area contributed by atoms with E-state index >= 15 is 0 Å². The van der Waals surface area contributed by atoms with Crippen molar-refractivity contribution in [2.45, 2.75) is 20.4 Å². The van der Waals surface area contributed by atoms with E-state index in [2.05, 4.69) is 20.3 Å². The van der Waals surface area contributed by atoms with Crippen LogP contribution in [0.3, 0.4) is 0 Å². The molecule has 0 saturated carbocycles. The molecule has 2 aromatic heterocycles. The minimum Gasteiger partial charge on any atom is -0.439 e. The Hall–Kier alpha value is -3.02. The van der Waals surface area contributed by atoms with Crippen LogP contribution in [0.4, 0.5) is 10.2 Å². The van der Waals surface area contributed by atoms with Crippen LogP contribution in [-0.4, -0.2) is 15.0 Å². The van der Waals surface area contributed by atoms with Gasteiger partial charge in [0.15, 0.2) is 0 Å². The standard InChI is InChI=1S/C18H17FN4O/c1-12-10-21-13(2)18(23-12)22-11-14-7-8-20-17(9-14)24-16-5-3-15(19)4-6-16/h3-10H,11H2,1-2H3,(H,22,23). The number of benzene rings is 1. The van der Waals surface area contributed by atoms with Crippen LogP contribution in [0, 0.1) is 19.7 Å². The topological polar surface area (TPSA) is 59.9 Å². The lowest BCUT2D eigenvalue weighted by Crippen LogP contribution is -2.05. The minimum atomic E-state index is -0.303. The Morgan fingerprint density at radius 2 is 1.88 bits per heavy atom. The average Bonchev–Trinajstić information content (AvgIpc) is 2.58. The van der Waals surface area contributed by atoms with Gasteiger partial charge in [-0.1, -0.05) is 0 Å². The van der Waals surface area contributed by atoms with Gasteiger partial charge in [-0.2, -0.15) is 0 Å². The first-order valence-electron chi connectivity index (χ1n) is 7.52. The smallest absolute Gasteiger partial charge is 0.219 e. The number of hydrogen-bond donors (Lipinski definition) is 1. The lowest BCUT2D eigenvalue weighted by molar-refractivity contribution is 0.460. The molecule has 122 valence electrons. The van der Waals surface area contributed by atoms with E-state index in [9.17, 15) is 4.39 Å². The number of ether oxygens (including phenoxy) is 1. The molecule has 0 spiro atoms. The first-order valence-corrected chi connectivity index (χ1v) is 7.52. The molecule has 1 aromatic carbocycles. The number of hydrogen-bond acceptors (Lipinski definition) is 5. The van der Waals surface area contributed by atoms with E-state index in [-0.39, 0.29) is 5.82 Å². The molecule has 0 radical (unpaired) electrons. The van der Waals surface area contributed by atoms with Crippen LogP contribution in [-0.2, 0) is 6.54 Å². The van der Waals surface area contributed by atoms with E-state index in [4.69, 9.17) is 4.74 Å². The van der Waals surface area contributed by atoms with Crippen LogP contribution in [0.15, 0.2) is 48.8 Å². The molecule has 3 aromatic rings. The molecule has 0 aliphatic carbocycles. The second kappa shape index (κ2) is 7.04. The molecule has 0 fully saturated rings. The van der Waals surface area contributed by atoms with Gasteiger partial charge in [-0.25, -0.2) is 14.4 Å². The van der Waals surface area contributed by atoms with Gasteiger partial charge in [-0.3, -0.25) is 4.98 Å². The van der Waals surface area contributed by atoms with E-state index in [1.807, 2.05) is 26.0 Å². The second-order valence-electron chi connectivity index (χ2n) is 5.36. The summed E-state index contributed by atoms with van der Waals surface area (Å²) in [6.45, 7) is 4.38. The van der Waals surface area contributed by atoms with Crippen molar-refractivity contribution in [2.75, 3.05) is 5.32 Å². The summed E-state index contributed by atoms with van der Waals surface area (Å²) in [5.41, 5.74) is 2.69. The van der Waals surface area contributed by atoms with E-state index in [0.29, 0.717) is 18.2 Å². The molecule has 24 heavy (non-hydrogen) atoms. The molecule has 0 saturated heterocycles. The highest BCUT2D eigenvalue weighted by Crippen LogP contribution is 2.20. The molecule has 0 aliphatic heterocycles. The Morgan fingerprint density at radius 3 is 2.67 bits per heavy atom. The lowest BCUT2D eigenvalue weighted by Gasteiger charge is -2.10. The number of anilines is 1. The maximum atomic E-state index is 12.9. The zero-order chi connectivity index (χ0) is 16.9. The van der Waals surface area contributed by atoms with Crippen LogP contribution < -0.4 is 10.1 Å². The van der Waals surface area contributed by atoms with E-state index in [1.54, 1.807) is 24.5 Å². The van der Waals surface area contributed by atoms with E-state index < -0.39 is 0 Å². The van der Waals surface area contributed by atoms with Crippen molar-refractivity contribution in [1.29, 1.82) is 0 Å². The lowest BCUT2D eigenvalue weighted by atomic mass is 10.2. The largest absolute Gasteiger partial charge is 0.439 e. The third-order valence-electron chi connectivity index (χ3n) is 3.37. The maximum Gasteiger partial charge on any atom is 0.219 e. The van der Waals surface area contributed by atoms with Crippen LogP contribution in [0.5, 0.6) is 11.6 Å². The molecule has 3 rings (SSSR count). The number of halogens is 1. The molecule has 0 bridgehead atoms. The SMILES string of the molecule is Cc1cnc(C)c(NCc2ccnc(Oc3ccc(F)cc3)c2)n1. The zero-order valence-corrected chi connectivity index (χ0v) is 13.5. The monoisotopic (exact) mass is 324 g/mol. The number of aryl methyl sites for hydroxylation is 2. The van der Waals surface area contributed by atoms with Crippen molar-refractivity contribution in [3.8, 4) is 11.6 Å². The van der Waals surface area contributed by atoms with Gasteiger partial charge in [-0.15, -0.1) is 0 Å². The summed E-state index contributed by atoms with van der Waals surface area (Å²) in [5, 5.41) is 3.26. The van der Waals surface area contributed by atoms with Crippen molar-refractivity contribution in [3.63, 3.8) is 0 Å². The molecular formula is C18H17FN4O. The second-order valence-corrected chi connectivity index (χ2v) is 5.36. The molecule has 0 aliphatic rings. The number of pyridine rings is 1. The van der Waals surface area contributed by atoms with Gasteiger partial charge < -0.3 is 10.1 Å². The normalized spacial score (nSPS) is 10.5. The van der Waals surface area contributed by atoms with Crippen molar-refractivity contribution >= 4 is 5.82 Å². The predicted octanol–water partition coefficient (Wildman–Crippen LogP) is 4.03. The molecule has 5 nitrogen and oxygen atoms in total. The number of rotatable bonds is 5. The van der Waals surface area contributed by atoms with Gasteiger partial charge >= 0.3 is 0 Å². The Labute approximate surface area is 139 Å². The van der Waals surface area contributed by atoms with Crippen molar-refractivity contribution in [1.82, 2.24) is 15.0 Å². The number of nitrogens with zero attached hydrogens (tertiary/aromatic N) is 3. The summed E-state index contributed by atoms with van der Waals surface area (Å²) in [7, 11) is 0. The fraction of sp³-hybridized carbons (Fsp3) is 0.167. The average molecular weight is 324 g/mol. The van der Waals surface area contributed by atoms with Crippen molar-refractivity contribution < 1.29 is 9.13 Å². The van der Waals surface area contributed by atoms with Gasteiger partial charge in [0.25, 0.3) is 0 Å². The number of aromatic nitrogens is 3. The zero-order valence-electron chi connectivity index (χ0n) is 13.5. The van der Waals surface area contributed by atoms with Gasteiger partial charge in [0, 0.05) is 25.0 Å². The first kappa shape index (κ1) is 15.9. The minimum absolute atomic E-state index is 0.303.